The molecule has 0 spiro atoms. The van der Waals surface area contributed by atoms with Crippen LogP contribution in [0.2, 0.25) is 0 Å². The number of nitrogens with zero attached hydrogens (tertiary/aromatic N) is 3. The molecule has 2 aromatic heterocycles. The van der Waals surface area contributed by atoms with Crippen LogP contribution in [0.25, 0.3) is 5.65 Å². The first-order valence-electron chi connectivity index (χ1n) is 5.49. The Morgan fingerprint density at radius 1 is 1.21 bits per heavy atom. The summed E-state index contributed by atoms with van der Waals surface area (Å²) in [7, 11) is 0. The zero-order chi connectivity index (χ0) is 13.2. The Bertz CT molecular complexity index is 756. The van der Waals surface area contributed by atoms with Crippen molar-refractivity contribution < 1.29 is 9.18 Å². The van der Waals surface area contributed by atoms with E-state index in [2.05, 4.69) is 10.2 Å². The molecule has 3 rings (SSSR count). The van der Waals surface area contributed by atoms with E-state index in [1.54, 1.807) is 10.5 Å². The van der Waals surface area contributed by atoms with E-state index >= 15 is 0 Å². The average Bonchev–Trinajstić information content (AvgIpc) is 2.82. The van der Waals surface area contributed by atoms with Gasteiger partial charge in [0.2, 0.25) is 0 Å². The Hall–Kier alpha value is -2.21. The lowest BCUT2D eigenvalue weighted by molar-refractivity contribution is 0.112. The van der Waals surface area contributed by atoms with Gasteiger partial charge in [-0.25, -0.2) is 4.39 Å². The monoisotopic (exact) mass is 273 g/mol. The molecule has 0 N–H and O–H groups in total. The van der Waals surface area contributed by atoms with Gasteiger partial charge in [-0.2, -0.15) is 0 Å². The lowest BCUT2D eigenvalue weighted by Gasteiger charge is -2.01. The number of aldehydes is 1. The van der Waals surface area contributed by atoms with Gasteiger partial charge in [-0.1, -0.05) is 6.07 Å². The number of pyridine rings is 1. The van der Waals surface area contributed by atoms with Crippen molar-refractivity contribution in [2.24, 2.45) is 0 Å². The second-order valence-electron chi connectivity index (χ2n) is 3.85. The van der Waals surface area contributed by atoms with E-state index in [4.69, 9.17) is 0 Å². The van der Waals surface area contributed by atoms with Crippen LogP contribution in [0.15, 0.2) is 52.6 Å². The number of fused-ring (bicyclic) bond motifs is 1. The Morgan fingerprint density at radius 2 is 2.11 bits per heavy atom. The molecular formula is C13H8FN3OS. The van der Waals surface area contributed by atoms with Gasteiger partial charge >= 0.3 is 0 Å². The Kier molecular flexibility index (Phi) is 3.00. The summed E-state index contributed by atoms with van der Waals surface area (Å²) in [5, 5.41) is 8.67. The lowest BCUT2D eigenvalue weighted by atomic mass is 10.2. The van der Waals surface area contributed by atoms with Crippen molar-refractivity contribution in [1.82, 2.24) is 14.6 Å². The van der Waals surface area contributed by atoms with Crippen LogP contribution in [0.4, 0.5) is 4.39 Å². The first-order chi connectivity index (χ1) is 9.26. The summed E-state index contributed by atoms with van der Waals surface area (Å²) >= 11 is 1.26. The molecule has 0 saturated carbocycles. The van der Waals surface area contributed by atoms with E-state index < -0.39 is 5.82 Å². The normalized spacial score (nSPS) is 10.8. The fourth-order valence-electron chi connectivity index (χ4n) is 1.71. The fraction of sp³-hybridized carbons (Fsp3) is 0. The molecule has 0 atom stereocenters. The van der Waals surface area contributed by atoms with Crippen molar-refractivity contribution in [1.29, 1.82) is 0 Å². The molecule has 6 heteroatoms. The maximum atomic E-state index is 13.3. The molecule has 0 radical (unpaired) electrons. The van der Waals surface area contributed by atoms with Crippen molar-refractivity contribution in [2.45, 2.75) is 10.1 Å². The molecule has 1 aromatic carbocycles. The number of carbonyl (C=O) groups is 1. The zero-order valence-electron chi connectivity index (χ0n) is 9.65. The second kappa shape index (κ2) is 4.81. The number of benzene rings is 1. The summed E-state index contributed by atoms with van der Waals surface area (Å²) in [5.74, 6) is -0.444. The van der Waals surface area contributed by atoms with Gasteiger partial charge in [0.25, 0.3) is 0 Å². The SMILES string of the molecule is O=Cc1cc(F)cc(Sc2nnc3ccccn23)c1. The topological polar surface area (TPSA) is 47.3 Å². The smallest absolute Gasteiger partial charge is 0.200 e. The zero-order valence-corrected chi connectivity index (χ0v) is 10.5. The molecule has 0 aliphatic carbocycles. The largest absolute Gasteiger partial charge is 0.298 e. The molecule has 0 aliphatic heterocycles. The van der Waals surface area contributed by atoms with Gasteiger partial charge in [-0.05, 0) is 42.1 Å². The number of halogens is 1. The summed E-state index contributed by atoms with van der Waals surface area (Å²) in [6, 6.07) is 9.74. The van der Waals surface area contributed by atoms with Gasteiger partial charge < -0.3 is 0 Å². The molecule has 0 saturated heterocycles. The molecule has 0 amide bonds. The fourth-order valence-corrected chi connectivity index (χ4v) is 2.62. The number of rotatable bonds is 3. The van der Waals surface area contributed by atoms with E-state index in [1.165, 1.54) is 23.9 Å². The first kappa shape index (κ1) is 11.9. The van der Waals surface area contributed by atoms with Gasteiger partial charge in [0, 0.05) is 16.7 Å². The predicted octanol–water partition coefficient (Wildman–Crippen LogP) is 2.83. The summed E-state index contributed by atoms with van der Waals surface area (Å²) in [6.45, 7) is 0. The van der Waals surface area contributed by atoms with Crippen LogP contribution in [-0.4, -0.2) is 20.9 Å². The van der Waals surface area contributed by atoms with Crippen LogP contribution >= 0.6 is 11.8 Å². The van der Waals surface area contributed by atoms with Gasteiger partial charge in [0.1, 0.15) is 12.1 Å². The van der Waals surface area contributed by atoms with Crippen LogP contribution in [0.1, 0.15) is 10.4 Å². The number of carbonyl (C=O) groups excluding carboxylic acids is 1. The molecule has 0 aliphatic rings. The van der Waals surface area contributed by atoms with E-state index in [0.29, 0.717) is 21.9 Å². The third-order valence-electron chi connectivity index (χ3n) is 2.52. The van der Waals surface area contributed by atoms with Gasteiger partial charge in [0.05, 0.1) is 0 Å². The minimum atomic E-state index is -0.444. The van der Waals surface area contributed by atoms with E-state index in [9.17, 15) is 9.18 Å². The molecule has 0 fully saturated rings. The lowest BCUT2D eigenvalue weighted by Crippen LogP contribution is -1.88. The maximum absolute atomic E-state index is 13.3. The Balaban J connectivity index is 2.01. The van der Waals surface area contributed by atoms with E-state index in [1.807, 2.05) is 24.4 Å². The van der Waals surface area contributed by atoms with Crippen molar-refractivity contribution in [3.63, 3.8) is 0 Å². The molecule has 94 valence electrons. The highest BCUT2D eigenvalue weighted by Crippen LogP contribution is 2.27. The summed E-state index contributed by atoms with van der Waals surface area (Å²) in [4.78, 5) is 11.3. The maximum Gasteiger partial charge on any atom is 0.200 e. The molecule has 0 unspecified atom stereocenters. The van der Waals surface area contributed by atoms with Gasteiger partial charge in [-0.15, -0.1) is 10.2 Å². The van der Waals surface area contributed by atoms with E-state index in [0.717, 1.165) is 5.65 Å². The highest BCUT2D eigenvalue weighted by atomic mass is 32.2. The Labute approximate surface area is 112 Å². The molecule has 3 aromatic rings. The van der Waals surface area contributed by atoms with Crippen LogP contribution < -0.4 is 0 Å². The summed E-state index contributed by atoms with van der Waals surface area (Å²) < 4.78 is 15.1. The van der Waals surface area contributed by atoms with E-state index in [-0.39, 0.29) is 0 Å². The second-order valence-corrected chi connectivity index (χ2v) is 4.89. The van der Waals surface area contributed by atoms with Crippen LogP contribution in [0.5, 0.6) is 0 Å². The highest BCUT2D eigenvalue weighted by molar-refractivity contribution is 7.99. The Morgan fingerprint density at radius 3 is 2.95 bits per heavy atom. The van der Waals surface area contributed by atoms with Crippen molar-refractivity contribution in [3.05, 3.63) is 54.0 Å². The minimum Gasteiger partial charge on any atom is -0.298 e. The number of hydrogen-bond acceptors (Lipinski definition) is 4. The number of hydrogen-bond donors (Lipinski definition) is 0. The third kappa shape index (κ3) is 2.34. The molecular weight excluding hydrogens is 265 g/mol. The summed E-state index contributed by atoms with van der Waals surface area (Å²) in [5.41, 5.74) is 1.02. The van der Waals surface area contributed by atoms with Crippen LogP contribution in [-0.2, 0) is 0 Å². The third-order valence-corrected chi connectivity index (χ3v) is 3.45. The van der Waals surface area contributed by atoms with Crippen LogP contribution in [0, 0.1) is 5.82 Å². The van der Waals surface area contributed by atoms with Crippen molar-refractivity contribution in [3.8, 4) is 0 Å². The first-order valence-corrected chi connectivity index (χ1v) is 6.31. The molecule has 2 heterocycles. The average molecular weight is 273 g/mol. The summed E-state index contributed by atoms with van der Waals surface area (Å²) in [6.07, 6.45) is 2.45. The van der Waals surface area contributed by atoms with Crippen molar-refractivity contribution >= 4 is 23.7 Å². The van der Waals surface area contributed by atoms with Crippen molar-refractivity contribution in [2.75, 3.05) is 0 Å². The quantitative estimate of drug-likeness (QED) is 0.688. The standard InChI is InChI=1S/C13H8FN3OS/c14-10-5-9(8-18)6-11(7-10)19-13-16-15-12-3-1-2-4-17(12)13/h1-8H. The molecule has 0 bridgehead atoms. The number of aromatic nitrogens is 3. The van der Waals surface area contributed by atoms with Gasteiger partial charge in [-0.3, -0.25) is 9.20 Å². The van der Waals surface area contributed by atoms with Gasteiger partial charge in [0.15, 0.2) is 10.8 Å². The minimum absolute atomic E-state index is 0.302. The molecule has 19 heavy (non-hydrogen) atoms. The van der Waals surface area contributed by atoms with Crippen LogP contribution in [0.3, 0.4) is 0 Å². The molecule has 4 nitrogen and oxygen atoms in total. The predicted molar refractivity (Wildman–Crippen MR) is 68.9 cm³/mol. The highest BCUT2D eigenvalue weighted by Gasteiger charge is 2.08.